The van der Waals surface area contributed by atoms with Crippen molar-refractivity contribution in [1.82, 2.24) is 15.1 Å². The number of piperidine rings is 2. The topological polar surface area (TPSA) is 79.0 Å². The number of hydrogen-bond acceptors (Lipinski definition) is 5. The molecule has 7 heteroatoms. The quantitative estimate of drug-likeness (QED) is 0.679. The Bertz CT molecular complexity index is 1220. The summed E-state index contributed by atoms with van der Waals surface area (Å²) >= 11 is 0. The van der Waals surface area contributed by atoms with E-state index in [4.69, 9.17) is 4.74 Å². The van der Waals surface area contributed by atoms with E-state index in [0.717, 1.165) is 43.7 Å². The molecule has 5 fully saturated rings. The maximum absolute atomic E-state index is 13.2. The molecule has 2 aromatic carbocycles. The Hall–Kier alpha value is -3.19. The van der Waals surface area contributed by atoms with E-state index in [1.54, 1.807) is 4.90 Å². The minimum atomic E-state index is -0.876. The molecule has 3 amide bonds. The summed E-state index contributed by atoms with van der Waals surface area (Å²) in [6, 6.07) is 16.9. The van der Waals surface area contributed by atoms with Crippen molar-refractivity contribution in [3.8, 4) is 5.75 Å². The number of carbonyl (C=O) groups excluding carboxylic acids is 3. The molecule has 2 bridgehead atoms. The summed E-state index contributed by atoms with van der Waals surface area (Å²) in [6.07, 6.45) is 4.38. The molecule has 1 N–H and O–H groups in total. The first-order valence-electron chi connectivity index (χ1n) is 12.8. The molecular weight excluding hydrogens is 442 g/mol. The zero-order valence-corrected chi connectivity index (χ0v) is 19.6. The van der Waals surface area contributed by atoms with E-state index in [0.29, 0.717) is 36.9 Å². The van der Waals surface area contributed by atoms with Crippen molar-refractivity contribution >= 4 is 17.7 Å². The summed E-state index contributed by atoms with van der Waals surface area (Å²) in [4.78, 5) is 41.9. The van der Waals surface area contributed by atoms with Gasteiger partial charge in [0.15, 0.2) is 0 Å². The zero-order valence-electron chi connectivity index (χ0n) is 19.6. The van der Waals surface area contributed by atoms with E-state index >= 15 is 0 Å². The lowest BCUT2D eigenvalue weighted by atomic mass is 9.63. The maximum atomic E-state index is 13.2. The number of benzene rings is 2. The third-order valence-electron chi connectivity index (χ3n) is 8.95. The van der Waals surface area contributed by atoms with Gasteiger partial charge in [-0.1, -0.05) is 30.3 Å². The molecular formula is C28H29N3O4. The summed E-state index contributed by atoms with van der Waals surface area (Å²) in [7, 11) is 0. The summed E-state index contributed by atoms with van der Waals surface area (Å²) in [6.45, 7) is 2.55. The highest BCUT2D eigenvalue weighted by Crippen LogP contribution is 2.49. The molecule has 4 heterocycles. The molecule has 35 heavy (non-hydrogen) atoms. The molecule has 2 aliphatic carbocycles. The standard InChI is InChI=1S/C28H29N3O4/c32-25-19-12-28(13-19,27(34)29-25)31-16-18-11-21(9-10-22(18)26(31)33)35-24-8-4-7-23(24)30-14-20(15-30)17-5-2-1-3-6-17/h1-3,5-6,9-11,19-20,23-24H,4,7-8,12-16H2,(H,29,32,34)/t19?,23-,24+,28?/m1/s1. The minimum absolute atomic E-state index is 0.124. The molecule has 0 aromatic heterocycles. The second-order valence-corrected chi connectivity index (χ2v) is 10.9. The molecule has 6 aliphatic rings. The van der Waals surface area contributed by atoms with Crippen LogP contribution in [0.25, 0.3) is 0 Å². The first-order valence-corrected chi connectivity index (χ1v) is 12.8. The molecule has 2 saturated carbocycles. The lowest BCUT2D eigenvalue weighted by Gasteiger charge is -2.53. The fraction of sp³-hybridized carbons (Fsp3) is 0.464. The summed E-state index contributed by atoms with van der Waals surface area (Å²) < 4.78 is 6.50. The molecule has 3 saturated heterocycles. The van der Waals surface area contributed by atoms with Crippen LogP contribution in [0.2, 0.25) is 0 Å². The third-order valence-corrected chi connectivity index (χ3v) is 8.95. The number of rotatable bonds is 5. The van der Waals surface area contributed by atoms with E-state index < -0.39 is 5.54 Å². The SMILES string of the molecule is O=C1NC(=O)C2(N3Cc4cc(O[C@H]5CCC[C@H]5N5CC(c6ccccc6)C5)ccc4C3=O)CC1C2. The van der Waals surface area contributed by atoms with Crippen molar-refractivity contribution in [3.05, 3.63) is 65.2 Å². The Balaban J connectivity index is 1.03. The van der Waals surface area contributed by atoms with Crippen LogP contribution in [0.1, 0.15) is 59.5 Å². The van der Waals surface area contributed by atoms with Gasteiger partial charge in [-0.25, -0.2) is 0 Å². The highest BCUT2D eigenvalue weighted by molar-refractivity contribution is 6.10. The number of carbonyl (C=O) groups is 3. The van der Waals surface area contributed by atoms with Gasteiger partial charge in [0, 0.05) is 43.1 Å². The van der Waals surface area contributed by atoms with Gasteiger partial charge >= 0.3 is 0 Å². The summed E-state index contributed by atoms with van der Waals surface area (Å²) in [5, 5.41) is 2.44. The van der Waals surface area contributed by atoms with Gasteiger partial charge in [0.25, 0.3) is 11.8 Å². The van der Waals surface area contributed by atoms with Crippen molar-refractivity contribution in [1.29, 1.82) is 0 Å². The van der Waals surface area contributed by atoms with Gasteiger partial charge in [0.1, 0.15) is 17.4 Å². The van der Waals surface area contributed by atoms with Crippen LogP contribution in [-0.2, 0) is 16.1 Å². The van der Waals surface area contributed by atoms with Crippen LogP contribution in [0, 0.1) is 5.92 Å². The van der Waals surface area contributed by atoms with E-state index in [1.807, 2.05) is 18.2 Å². The van der Waals surface area contributed by atoms with Crippen molar-refractivity contribution in [3.63, 3.8) is 0 Å². The zero-order chi connectivity index (χ0) is 23.7. The Morgan fingerprint density at radius 3 is 2.51 bits per heavy atom. The number of imide groups is 1. The van der Waals surface area contributed by atoms with E-state index in [2.05, 4.69) is 40.5 Å². The first kappa shape index (κ1) is 21.1. The van der Waals surface area contributed by atoms with Gasteiger partial charge < -0.3 is 9.64 Å². The van der Waals surface area contributed by atoms with Gasteiger partial charge in [0.2, 0.25) is 5.91 Å². The fourth-order valence-corrected chi connectivity index (χ4v) is 6.87. The lowest BCUT2D eigenvalue weighted by molar-refractivity contribution is -0.160. The number of fused-ring (bicyclic) bond motifs is 3. The molecule has 8 rings (SSSR count). The van der Waals surface area contributed by atoms with Crippen molar-refractivity contribution in [2.24, 2.45) is 5.92 Å². The number of hydrogen-bond donors (Lipinski definition) is 1. The van der Waals surface area contributed by atoms with Crippen LogP contribution in [0.4, 0.5) is 0 Å². The normalized spacial score (nSPS) is 32.2. The van der Waals surface area contributed by atoms with Gasteiger partial charge in [-0.15, -0.1) is 0 Å². The Morgan fingerprint density at radius 2 is 1.74 bits per heavy atom. The fourth-order valence-electron chi connectivity index (χ4n) is 6.87. The van der Waals surface area contributed by atoms with Crippen LogP contribution in [0.3, 0.4) is 0 Å². The lowest BCUT2D eigenvalue weighted by Crippen LogP contribution is -2.73. The average molecular weight is 472 g/mol. The second-order valence-electron chi connectivity index (χ2n) is 10.9. The molecule has 0 unspecified atom stereocenters. The Labute approximate surface area is 204 Å². The van der Waals surface area contributed by atoms with Gasteiger partial charge in [0.05, 0.1) is 0 Å². The number of nitrogens with one attached hydrogen (secondary N) is 1. The van der Waals surface area contributed by atoms with Gasteiger partial charge in [-0.3, -0.25) is 24.6 Å². The predicted octanol–water partition coefficient (Wildman–Crippen LogP) is 2.85. The monoisotopic (exact) mass is 471 g/mol. The maximum Gasteiger partial charge on any atom is 0.255 e. The summed E-state index contributed by atoms with van der Waals surface area (Å²) in [5.74, 6) is 0.570. The summed E-state index contributed by atoms with van der Waals surface area (Å²) in [5.41, 5.74) is 2.08. The predicted molar refractivity (Wildman–Crippen MR) is 128 cm³/mol. The number of nitrogens with zero attached hydrogens (tertiary/aromatic N) is 2. The van der Waals surface area contributed by atoms with Crippen molar-refractivity contribution in [2.45, 2.75) is 62.3 Å². The van der Waals surface area contributed by atoms with E-state index in [-0.39, 0.29) is 29.7 Å². The molecule has 2 aromatic rings. The number of ether oxygens (including phenoxy) is 1. The van der Waals surface area contributed by atoms with E-state index in [9.17, 15) is 14.4 Å². The van der Waals surface area contributed by atoms with Crippen LogP contribution in [0.15, 0.2) is 48.5 Å². The van der Waals surface area contributed by atoms with Crippen LogP contribution in [0.5, 0.6) is 5.75 Å². The van der Waals surface area contributed by atoms with Crippen LogP contribution < -0.4 is 10.1 Å². The second kappa shape index (κ2) is 7.65. The van der Waals surface area contributed by atoms with Crippen molar-refractivity contribution < 1.29 is 19.1 Å². The number of likely N-dealkylation sites (tertiary alicyclic amines) is 1. The highest BCUT2D eigenvalue weighted by Gasteiger charge is 2.63. The van der Waals surface area contributed by atoms with Crippen molar-refractivity contribution in [2.75, 3.05) is 13.1 Å². The molecule has 4 aliphatic heterocycles. The molecule has 0 spiro atoms. The smallest absolute Gasteiger partial charge is 0.255 e. The molecule has 7 nitrogen and oxygen atoms in total. The third kappa shape index (κ3) is 3.17. The first-order chi connectivity index (χ1) is 17.0. The molecule has 2 atom stereocenters. The Morgan fingerprint density at radius 1 is 0.943 bits per heavy atom. The molecule has 0 radical (unpaired) electrons. The minimum Gasteiger partial charge on any atom is -0.489 e. The molecule has 180 valence electrons. The van der Waals surface area contributed by atoms with E-state index in [1.165, 1.54) is 5.56 Å². The average Bonchev–Trinajstić information content (AvgIpc) is 3.37. The van der Waals surface area contributed by atoms with Crippen LogP contribution in [-0.4, -0.2) is 58.3 Å². The van der Waals surface area contributed by atoms with Gasteiger partial charge in [-0.2, -0.15) is 0 Å². The largest absolute Gasteiger partial charge is 0.489 e. The number of amides is 3. The Kier molecular flexibility index (Phi) is 4.62. The van der Waals surface area contributed by atoms with Crippen LogP contribution >= 0.6 is 0 Å². The van der Waals surface area contributed by atoms with Gasteiger partial charge in [-0.05, 0) is 61.4 Å². The highest BCUT2D eigenvalue weighted by atomic mass is 16.5.